The molecule has 18 heavy (non-hydrogen) atoms. The van der Waals surface area contributed by atoms with Crippen LogP contribution in [0.15, 0.2) is 0 Å². The van der Waals surface area contributed by atoms with Gasteiger partial charge in [0.05, 0.1) is 0 Å². The third-order valence-corrected chi connectivity index (χ3v) is 2.99. The Balaban J connectivity index is 2.33. The van der Waals surface area contributed by atoms with Crippen LogP contribution < -0.4 is 5.73 Å². The predicted molar refractivity (Wildman–Crippen MR) is 54.1 cm³/mol. The van der Waals surface area contributed by atoms with Crippen LogP contribution in [0.25, 0.3) is 0 Å². The molecule has 2 nitrogen and oxygen atoms in total. The minimum atomic E-state index is -2.13. The molecule has 0 bridgehead atoms. The molecule has 1 aromatic carbocycles. The van der Waals surface area contributed by atoms with E-state index >= 15 is 0 Å². The topological polar surface area (TPSA) is 29.3 Å². The summed E-state index contributed by atoms with van der Waals surface area (Å²) in [5.41, 5.74) is 4.80. The smallest absolute Gasteiger partial charge is 0.200 e. The number of hydrogen-bond donors (Lipinski definition) is 1. The molecule has 7 heteroatoms. The fourth-order valence-electron chi connectivity index (χ4n) is 2.02. The lowest BCUT2D eigenvalue weighted by molar-refractivity contribution is 0.299. The van der Waals surface area contributed by atoms with Gasteiger partial charge in [-0.3, -0.25) is 4.90 Å². The van der Waals surface area contributed by atoms with Crippen molar-refractivity contribution in [2.75, 3.05) is 13.1 Å². The van der Waals surface area contributed by atoms with Gasteiger partial charge in [0.25, 0.3) is 0 Å². The zero-order chi connectivity index (χ0) is 13.4. The number of rotatable bonds is 2. The first-order valence-corrected chi connectivity index (χ1v) is 5.40. The Morgan fingerprint density at radius 3 is 1.89 bits per heavy atom. The van der Waals surface area contributed by atoms with Gasteiger partial charge in [-0.05, 0) is 6.42 Å². The summed E-state index contributed by atoms with van der Waals surface area (Å²) in [5, 5.41) is 0. The molecule has 1 atom stereocenters. The lowest BCUT2D eigenvalue weighted by atomic mass is 10.1. The second-order valence-corrected chi connectivity index (χ2v) is 4.33. The predicted octanol–water partition coefficient (Wildman–Crippen LogP) is 1.92. The van der Waals surface area contributed by atoms with Gasteiger partial charge in [-0.25, -0.2) is 22.0 Å². The molecule has 1 saturated heterocycles. The van der Waals surface area contributed by atoms with Crippen molar-refractivity contribution in [2.24, 2.45) is 5.73 Å². The maximum Gasteiger partial charge on any atom is 0.200 e. The highest BCUT2D eigenvalue weighted by Gasteiger charge is 2.28. The third kappa shape index (κ3) is 2.20. The van der Waals surface area contributed by atoms with Crippen LogP contribution in [0.1, 0.15) is 12.0 Å². The first-order valence-electron chi connectivity index (χ1n) is 5.40. The Morgan fingerprint density at radius 2 is 1.44 bits per heavy atom. The van der Waals surface area contributed by atoms with Gasteiger partial charge in [0.2, 0.25) is 5.82 Å². The summed E-state index contributed by atoms with van der Waals surface area (Å²) in [5.74, 6) is -9.49. The zero-order valence-corrected chi connectivity index (χ0v) is 9.32. The van der Waals surface area contributed by atoms with Crippen molar-refractivity contribution in [3.8, 4) is 0 Å². The summed E-state index contributed by atoms with van der Waals surface area (Å²) >= 11 is 0. The van der Waals surface area contributed by atoms with Crippen LogP contribution >= 0.6 is 0 Å². The van der Waals surface area contributed by atoms with Crippen molar-refractivity contribution in [1.29, 1.82) is 0 Å². The molecule has 0 aromatic heterocycles. The van der Waals surface area contributed by atoms with Crippen LogP contribution in [0.3, 0.4) is 0 Å². The van der Waals surface area contributed by atoms with Crippen LogP contribution in [-0.2, 0) is 6.54 Å². The number of hydrogen-bond acceptors (Lipinski definition) is 2. The standard InChI is InChI=1S/C11H11F5N2/c12-7-6(4-18-2-1-5(17)3-18)8(13)10(15)11(16)9(7)14/h5H,1-4,17H2/t5-/m0/s1. The minimum absolute atomic E-state index is 0.133. The van der Waals surface area contributed by atoms with Crippen LogP contribution in [0.2, 0.25) is 0 Å². The molecular weight excluding hydrogens is 255 g/mol. The molecule has 0 amide bonds. The lowest BCUT2D eigenvalue weighted by Gasteiger charge is -2.16. The van der Waals surface area contributed by atoms with Gasteiger partial charge in [0.15, 0.2) is 23.3 Å². The number of nitrogens with two attached hydrogens (primary N) is 1. The largest absolute Gasteiger partial charge is 0.326 e. The first kappa shape index (κ1) is 13.2. The minimum Gasteiger partial charge on any atom is -0.326 e. The number of likely N-dealkylation sites (tertiary alicyclic amines) is 1. The van der Waals surface area contributed by atoms with Gasteiger partial charge in [-0.1, -0.05) is 0 Å². The zero-order valence-electron chi connectivity index (χ0n) is 9.32. The van der Waals surface area contributed by atoms with E-state index in [1.165, 1.54) is 0 Å². The van der Waals surface area contributed by atoms with Gasteiger partial charge in [0, 0.05) is 31.2 Å². The summed E-state index contributed by atoms with van der Waals surface area (Å²) in [7, 11) is 0. The summed E-state index contributed by atoms with van der Waals surface area (Å²) in [6, 6.07) is -0.133. The molecule has 0 unspecified atom stereocenters. The fourth-order valence-corrected chi connectivity index (χ4v) is 2.02. The van der Waals surface area contributed by atoms with Gasteiger partial charge >= 0.3 is 0 Å². The van der Waals surface area contributed by atoms with E-state index in [9.17, 15) is 22.0 Å². The van der Waals surface area contributed by atoms with Crippen LogP contribution in [0, 0.1) is 29.1 Å². The molecule has 0 saturated carbocycles. The number of benzene rings is 1. The van der Waals surface area contributed by atoms with Gasteiger partial charge in [-0.15, -0.1) is 0 Å². The number of nitrogens with zero attached hydrogens (tertiary/aromatic N) is 1. The molecule has 100 valence electrons. The SMILES string of the molecule is N[C@H]1CCN(Cc2c(F)c(F)c(F)c(F)c2F)C1. The number of halogens is 5. The molecule has 2 rings (SSSR count). The van der Waals surface area contributed by atoms with Crippen LogP contribution in [-0.4, -0.2) is 24.0 Å². The van der Waals surface area contributed by atoms with Crippen molar-refractivity contribution >= 4 is 0 Å². The van der Waals surface area contributed by atoms with E-state index in [-0.39, 0.29) is 12.6 Å². The van der Waals surface area contributed by atoms with E-state index in [0.717, 1.165) is 0 Å². The Kier molecular flexibility index (Phi) is 3.54. The van der Waals surface area contributed by atoms with Crippen molar-refractivity contribution in [2.45, 2.75) is 19.0 Å². The average Bonchev–Trinajstić information content (AvgIpc) is 2.75. The molecule has 1 heterocycles. The molecular formula is C11H11F5N2. The second-order valence-electron chi connectivity index (χ2n) is 4.33. The van der Waals surface area contributed by atoms with Gasteiger partial charge < -0.3 is 5.73 Å². The van der Waals surface area contributed by atoms with Crippen molar-refractivity contribution in [3.05, 3.63) is 34.6 Å². The maximum absolute atomic E-state index is 13.4. The van der Waals surface area contributed by atoms with E-state index in [1.807, 2.05) is 0 Å². The monoisotopic (exact) mass is 266 g/mol. The molecule has 1 fully saturated rings. The maximum atomic E-state index is 13.4. The van der Waals surface area contributed by atoms with E-state index in [2.05, 4.69) is 0 Å². The third-order valence-electron chi connectivity index (χ3n) is 2.99. The normalized spacial score (nSPS) is 20.7. The molecule has 0 aliphatic carbocycles. The van der Waals surface area contributed by atoms with Gasteiger partial charge in [-0.2, -0.15) is 0 Å². The molecule has 0 spiro atoms. The lowest BCUT2D eigenvalue weighted by Crippen LogP contribution is -2.27. The molecule has 0 radical (unpaired) electrons. The second kappa shape index (κ2) is 4.81. The van der Waals surface area contributed by atoms with Crippen LogP contribution in [0.4, 0.5) is 22.0 Å². The molecule has 1 aliphatic rings. The van der Waals surface area contributed by atoms with E-state index in [0.29, 0.717) is 19.5 Å². The Morgan fingerprint density at radius 1 is 0.944 bits per heavy atom. The average molecular weight is 266 g/mol. The van der Waals surface area contributed by atoms with Crippen molar-refractivity contribution in [1.82, 2.24) is 4.90 Å². The van der Waals surface area contributed by atoms with Crippen molar-refractivity contribution < 1.29 is 22.0 Å². The Bertz CT molecular complexity index is 448. The molecule has 1 aliphatic heterocycles. The summed E-state index contributed by atoms with van der Waals surface area (Å²) in [6.07, 6.45) is 0.634. The molecule has 2 N–H and O–H groups in total. The van der Waals surface area contributed by atoms with Gasteiger partial charge in [0.1, 0.15) is 0 Å². The molecule has 1 aromatic rings. The Hall–Kier alpha value is -1.21. The fraction of sp³-hybridized carbons (Fsp3) is 0.455. The van der Waals surface area contributed by atoms with Crippen LogP contribution in [0.5, 0.6) is 0 Å². The van der Waals surface area contributed by atoms with E-state index in [1.54, 1.807) is 4.90 Å². The quantitative estimate of drug-likeness (QED) is 0.503. The summed E-state index contributed by atoms with van der Waals surface area (Å²) in [6.45, 7) is 0.514. The van der Waals surface area contributed by atoms with E-state index < -0.39 is 34.6 Å². The Labute approximate surface area is 100 Å². The first-order chi connectivity index (χ1) is 8.41. The summed E-state index contributed by atoms with van der Waals surface area (Å²) in [4.78, 5) is 1.56. The van der Waals surface area contributed by atoms with E-state index in [4.69, 9.17) is 5.73 Å². The summed E-state index contributed by atoms with van der Waals surface area (Å²) < 4.78 is 65.5. The highest BCUT2D eigenvalue weighted by atomic mass is 19.2. The van der Waals surface area contributed by atoms with Crippen molar-refractivity contribution in [3.63, 3.8) is 0 Å². The highest BCUT2D eigenvalue weighted by Crippen LogP contribution is 2.25. The highest BCUT2D eigenvalue weighted by molar-refractivity contribution is 5.24.